The zero-order valence-corrected chi connectivity index (χ0v) is 15.2. The second-order valence-corrected chi connectivity index (χ2v) is 5.96. The van der Waals surface area contributed by atoms with Gasteiger partial charge in [-0.15, -0.1) is 0 Å². The molecule has 0 bridgehead atoms. The molecule has 0 aliphatic heterocycles. The molecule has 0 aromatic heterocycles. The summed E-state index contributed by atoms with van der Waals surface area (Å²) in [4.78, 5) is 12.2. The maximum atomic E-state index is 12.2. The molecule has 5 nitrogen and oxygen atoms in total. The summed E-state index contributed by atoms with van der Waals surface area (Å²) in [6, 6.07) is 12.9. The van der Waals surface area contributed by atoms with Gasteiger partial charge in [-0.3, -0.25) is 4.79 Å². The van der Waals surface area contributed by atoms with Crippen LogP contribution in [0.2, 0.25) is 0 Å². The van der Waals surface area contributed by atoms with E-state index >= 15 is 0 Å². The van der Waals surface area contributed by atoms with Crippen LogP contribution in [0, 0.1) is 3.57 Å². The highest BCUT2D eigenvalue weighted by molar-refractivity contribution is 14.1. The number of carbonyl (C=O) groups is 1. The van der Waals surface area contributed by atoms with Gasteiger partial charge in [-0.1, -0.05) is 12.1 Å². The SMILES string of the molecule is COc1ccc(C(=O)N/N=C(/C)c2cccc(I)c2)cc1OC. The summed E-state index contributed by atoms with van der Waals surface area (Å²) in [5.74, 6) is 0.761. The third-order valence-electron chi connectivity index (χ3n) is 3.21. The smallest absolute Gasteiger partial charge is 0.271 e. The van der Waals surface area contributed by atoms with E-state index in [4.69, 9.17) is 9.47 Å². The topological polar surface area (TPSA) is 59.9 Å². The summed E-state index contributed by atoms with van der Waals surface area (Å²) in [6.45, 7) is 1.85. The van der Waals surface area contributed by atoms with Gasteiger partial charge in [0.25, 0.3) is 5.91 Å². The van der Waals surface area contributed by atoms with Crippen molar-refractivity contribution in [3.05, 3.63) is 57.2 Å². The molecular weight excluding hydrogens is 407 g/mol. The number of nitrogens with zero attached hydrogens (tertiary/aromatic N) is 1. The van der Waals surface area contributed by atoms with Crippen molar-refractivity contribution >= 4 is 34.2 Å². The predicted molar refractivity (Wildman–Crippen MR) is 98.4 cm³/mol. The van der Waals surface area contributed by atoms with Crippen molar-refractivity contribution in [1.29, 1.82) is 0 Å². The maximum absolute atomic E-state index is 12.2. The summed E-state index contributed by atoms with van der Waals surface area (Å²) in [5, 5.41) is 4.15. The van der Waals surface area contributed by atoms with Crippen LogP contribution >= 0.6 is 22.6 Å². The summed E-state index contributed by atoms with van der Waals surface area (Å²) in [5.41, 5.74) is 4.70. The molecule has 0 unspecified atom stereocenters. The Kier molecular flexibility index (Phi) is 5.97. The first-order valence-corrected chi connectivity index (χ1v) is 7.95. The Hall–Kier alpha value is -2.09. The van der Waals surface area contributed by atoms with Gasteiger partial charge in [-0.25, -0.2) is 5.43 Å². The van der Waals surface area contributed by atoms with Crippen LogP contribution in [0.15, 0.2) is 47.6 Å². The van der Waals surface area contributed by atoms with Gasteiger partial charge < -0.3 is 9.47 Å². The summed E-state index contributed by atoms with van der Waals surface area (Å²) in [7, 11) is 3.07. The van der Waals surface area contributed by atoms with Gasteiger partial charge >= 0.3 is 0 Å². The number of rotatable bonds is 5. The Morgan fingerprint density at radius 2 is 1.78 bits per heavy atom. The van der Waals surface area contributed by atoms with Crippen LogP contribution in [0.25, 0.3) is 0 Å². The van der Waals surface area contributed by atoms with Gasteiger partial charge in [0.15, 0.2) is 11.5 Å². The van der Waals surface area contributed by atoms with Crippen molar-refractivity contribution < 1.29 is 14.3 Å². The van der Waals surface area contributed by atoms with E-state index in [1.165, 1.54) is 7.11 Å². The van der Waals surface area contributed by atoms with E-state index in [2.05, 4.69) is 33.1 Å². The van der Waals surface area contributed by atoms with Gasteiger partial charge in [-0.05, 0) is 65.4 Å². The zero-order chi connectivity index (χ0) is 16.8. The lowest BCUT2D eigenvalue weighted by atomic mass is 10.1. The third-order valence-corrected chi connectivity index (χ3v) is 3.88. The van der Waals surface area contributed by atoms with Crippen LogP contribution in [-0.2, 0) is 0 Å². The standard InChI is InChI=1S/C17H17IN2O3/c1-11(12-5-4-6-14(18)9-12)19-20-17(21)13-7-8-15(22-2)16(10-13)23-3/h4-10H,1-3H3,(H,20,21)/b19-11-. The normalized spacial score (nSPS) is 11.0. The van der Waals surface area contributed by atoms with Crippen molar-refractivity contribution in [2.24, 2.45) is 5.10 Å². The molecule has 2 rings (SSSR count). The van der Waals surface area contributed by atoms with E-state index in [0.29, 0.717) is 17.1 Å². The third kappa shape index (κ3) is 4.44. The molecule has 0 aliphatic rings. The van der Waals surface area contributed by atoms with E-state index < -0.39 is 0 Å². The number of amides is 1. The van der Waals surface area contributed by atoms with Gasteiger partial charge in [-0.2, -0.15) is 5.10 Å². The van der Waals surface area contributed by atoms with Crippen molar-refractivity contribution in [2.45, 2.75) is 6.92 Å². The molecule has 23 heavy (non-hydrogen) atoms. The molecule has 0 heterocycles. The molecule has 0 radical (unpaired) electrons. The molecule has 0 aliphatic carbocycles. The van der Waals surface area contributed by atoms with E-state index in [1.807, 2.05) is 31.2 Å². The van der Waals surface area contributed by atoms with E-state index in [0.717, 1.165) is 14.8 Å². The van der Waals surface area contributed by atoms with Crippen molar-refractivity contribution in [1.82, 2.24) is 5.43 Å². The molecule has 0 saturated heterocycles. The quantitative estimate of drug-likeness (QED) is 0.455. The molecule has 0 atom stereocenters. The predicted octanol–water partition coefficient (Wildman–Crippen LogP) is 3.46. The van der Waals surface area contributed by atoms with Gasteiger partial charge in [0.2, 0.25) is 0 Å². The lowest BCUT2D eigenvalue weighted by molar-refractivity contribution is 0.0954. The Morgan fingerprint density at radius 1 is 1.04 bits per heavy atom. The number of ether oxygens (including phenoxy) is 2. The molecule has 0 fully saturated rings. The number of halogens is 1. The average molecular weight is 424 g/mol. The van der Waals surface area contributed by atoms with Gasteiger partial charge in [0, 0.05) is 9.13 Å². The number of carbonyl (C=O) groups excluding carboxylic acids is 1. The molecule has 0 spiro atoms. The molecule has 120 valence electrons. The van der Waals surface area contributed by atoms with Crippen LogP contribution < -0.4 is 14.9 Å². The van der Waals surface area contributed by atoms with Crippen molar-refractivity contribution in [3.8, 4) is 11.5 Å². The second-order valence-electron chi connectivity index (χ2n) is 4.72. The number of benzene rings is 2. The van der Waals surface area contributed by atoms with Crippen LogP contribution in [-0.4, -0.2) is 25.8 Å². The minimum absolute atomic E-state index is 0.309. The fourth-order valence-electron chi connectivity index (χ4n) is 1.95. The Balaban J connectivity index is 2.14. The summed E-state index contributed by atoms with van der Waals surface area (Å²) >= 11 is 2.24. The maximum Gasteiger partial charge on any atom is 0.271 e. The lowest BCUT2D eigenvalue weighted by Crippen LogP contribution is -2.19. The number of hydrogen-bond donors (Lipinski definition) is 1. The summed E-state index contributed by atoms with van der Waals surface area (Å²) < 4.78 is 11.5. The number of nitrogens with one attached hydrogen (secondary N) is 1. The van der Waals surface area contributed by atoms with Gasteiger partial charge in [0.05, 0.1) is 19.9 Å². The zero-order valence-electron chi connectivity index (χ0n) is 13.1. The average Bonchev–Trinajstić information content (AvgIpc) is 2.58. The summed E-state index contributed by atoms with van der Waals surface area (Å²) in [6.07, 6.45) is 0. The van der Waals surface area contributed by atoms with E-state index in [-0.39, 0.29) is 5.91 Å². The highest BCUT2D eigenvalue weighted by Gasteiger charge is 2.10. The molecule has 6 heteroatoms. The largest absolute Gasteiger partial charge is 0.493 e. The Morgan fingerprint density at radius 3 is 2.43 bits per heavy atom. The van der Waals surface area contributed by atoms with E-state index in [9.17, 15) is 4.79 Å². The van der Waals surface area contributed by atoms with Crippen LogP contribution in [0.3, 0.4) is 0 Å². The molecule has 1 N–H and O–H groups in total. The fraction of sp³-hybridized carbons (Fsp3) is 0.176. The first-order chi connectivity index (χ1) is 11.0. The van der Waals surface area contributed by atoms with Crippen LogP contribution in [0.1, 0.15) is 22.8 Å². The molecule has 2 aromatic carbocycles. The number of methoxy groups -OCH3 is 2. The van der Waals surface area contributed by atoms with Gasteiger partial charge in [0.1, 0.15) is 0 Å². The fourth-order valence-corrected chi connectivity index (χ4v) is 2.50. The first-order valence-electron chi connectivity index (χ1n) is 6.87. The Bertz CT molecular complexity index is 744. The van der Waals surface area contributed by atoms with Crippen LogP contribution in [0.5, 0.6) is 11.5 Å². The van der Waals surface area contributed by atoms with Crippen LogP contribution in [0.4, 0.5) is 0 Å². The molecule has 0 saturated carbocycles. The number of hydrogen-bond acceptors (Lipinski definition) is 4. The molecule has 1 amide bonds. The minimum Gasteiger partial charge on any atom is -0.493 e. The number of hydrazone groups is 1. The Labute approximate surface area is 148 Å². The minimum atomic E-state index is -0.309. The molecular formula is C17H17IN2O3. The van der Waals surface area contributed by atoms with E-state index in [1.54, 1.807) is 25.3 Å². The van der Waals surface area contributed by atoms with Crippen molar-refractivity contribution in [3.63, 3.8) is 0 Å². The first kappa shape index (κ1) is 17.3. The lowest BCUT2D eigenvalue weighted by Gasteiger charge is -2.09. The highest BCUT2D eigenvalue weighted by atomic mass is 127. The monoisotopic (exact) mass is 424 g/mol. The molecule has 2 aromatic rings. The van der Waals surface area contributed by atoms with Crippen molar-refractivity contribution in [2.75, 3.05) is 14.2 Å². The second kappa shape index (κ2) is 7.96. The highest BCUT2D eigenvalue weighted by Crippen LogP contribution is 2.27.